The highest BCUT2D eigenvalue weighted by molar-refractivity contribution is 5.79. The van der Waals surface area contributed by atoms with E-state index in [4.69, 9.17) is 0 Å². The molecule has 0 aromatic heterocycles. The SMILES string of the molecule is CN1c2ccccc2N[C@@H]2Nc3ccccc3N[C@@H]21. The molecule has 3 N–H and O–H groups in total. The zero-order valence-corrected chi connectivity index (χ0v) is 10.7. The van der Waals surface area contributed by atoms with Crippen LogP contribution < -0.4 is 20.9 Å². The van der Waals surface area contributed by atoms with Crippen molar-refractivity contribution in [2.24, 2.45) is 0 Å². The molecule has 0 saturated carbocycles. The van der Waals surface area contributed by atoms with E-state index in [1.54, 1.807) is 0 Å². The average Bonchev–Trinajstić information content (AvgIpc) is 2.46. The van der Waals surface area contributed by atoms with Gasteiger partial charge in [0.1, 0.15) is 12.3 Å². The first-order valence-electron chi connectivity index (χ1n) is 6.53. The molecule has 4 heteroatoms. The molecule has 4 rings (SSSR count). The summed E-state index contributed by atoms with van der Waals surface area (Å²) in [5, 5.41) is 10.7. The molecule has 4 nitrogen and oxygen atoms in total. The molecule has 2 aliphatic rings. The predicted molar refractivity (Wildman–Crippen MR) is 79.7 cm³/mol. The fourth-order valence-corrected chi connectivity index (χ4v) is 2.88. The molecular weight excluding hydrogens is 236 g/mol. The van der Waals surface area contributed by atoms with Gasteiger partial charge in [0.2, 0.25) is 0 Å². The van der Waals surface area contributed by atoms with Crippen LogP contribution in [0.15, 0.2) is 48.5 Å². The topological polar surface area (TPSA) is 39.3 Å². The minimum absolute atomic E-state index is 0.162. The molecule has 2 aliphatic heterocycles. The van der Waals surface area contributed by atoms with Gasteiger partial charge in [-0.3, -0.25) is 0 Å². The Kier molecular flexibility index (Phi) is 2.12. The van der Waals surface area contributed by atoms with Crippen LogP contribution in [0.3, 0.4) is 0 Å². The van der Waals surface area contributed by atoms with Crippen LogP contribution in [0.5, 0.6) is 0 Å². The predicted octanol–water partition coefficient (Wildman–Crippen LogP) is 2.74. The lowest BCUT2D eigenvalue weighted by Gasteiger charge is -2.46. The second-order valence-electron chi connectivity index (χ2n) is 5.03. The van der Waals surface area contributed by atoms with Crippen LogP contribution in [0.4, 0.5) is 22.7 Å². The molecule has 19 heavy (non-hydrogen) atoms. The highest BCUT2D eigenvalue weighted by Crippen LogP contribution is 2.37. The van der Waals surface area contributed by atoms with Gasteiger partial charge in [0.05, 0.1) is 22.7 Å². The number of anilines is 4. The summed E-state index contributed by atoms with van der Waals surface area (Å²) in [5.74, 6) is 0. The lowest BCUT2D eigenvalue weighted by molar-refractivity contribution is 0.598. The number of rotatable bonds is 0. The van der Waals surface area contributed by atoms with Crippen molar-refractivity contribution >= 4 is 22.7 Å². The van der Waals surface area contributed by atoms with Gasteiger partial charge in [-0.25, -0.2) is 0 Å². The Morgan fingerprint density at radius 1 is 0.789 bits per heavy atom. The fraction of sp³-hybridized carbons (Fsp3) is 0.200. The van der Waals surface area contributed by atoms with E-state index in [1.165, 1.54) is 11.4 Å². The highest BCUT2D eigenvalue weighted by atomic mass is 15.4. The monoisotopic (exact) mass is 252 g/mol. The largest absolute Gasteiger partial charge is 0.360 e. The quantitative estimate of drug-likeness (QED) is 0.674. The van der Waals surface area contributed by atoms with Crippen molar-refractivity contribution in [2.45, 2.75) is 12.3 Å². The van der Waals surface area contributed by atoms with E-state index in [9.17, 15) is 0 Å². The normalized spacial score (nSPS) is 23.1. The van der Waals surface area contributed by atoms with E-state index in [-0.39, 0.29) is 12.3 Å². The minimum Gasteiger partial charge on any atom is -0.360 e. The first-order chi connectivity index (χ1) is 9.33. The van der Waals surface area contributed by atoms with Gasteiger partial charge < -0.3 is 20.9 Å². The minimum atomic E-state index is 0.162. The van der Waals surface area contributed by atoms with Gasteiger partial charge in [0, 0.05) is 7.05 Å². The van der Waals surface area contributed by atoms with Crippen LogP contribution in [0.25, 0.3) is 0 Å². The van der Waals surface area contributed by atoms with Crippen LogP contribution in [0.2, 0.25) is 0 Å². The molecule has 0 saturated heterocycles. The molecule has 2 aromatic rings. The van der Waals surface area contributed by atoms with Crippen LogP contribution in [-0.2, 0) is 0 Å². The lowest BCUT2D eigenvalue weighted by Crippen LogP contribution is -2.58. The highest BCUT2D eigenvalue weighted by Gasteiger charge is 2.35. The van der Waals surface area contributed by atoms with Crippen LogP contribution >= 0.6 is 0 Å². The first-order valence-corrected chi connectivity index (χ1v) is 6.53. The number of hydrogen-bond donors (Lipinski definition) is 3. The molecule has 2 aromatic carbocycles. The van der Waals surface area contributed by atoms with Crippen molar-refractivity contribution in [2.75, 3.05) is 27.9 Å². The first kappa shape index (κ1) is 10.6. The molecule has 0 aliphatic carbocycles. The van der Waals surface area contributed by atoms with Gasteiger partial charge in [0.25, 0.3) is 0 Å². The Bertz CT molecular complexity index is 625. The number of hydrogen-bond acceptors (Lipinski definition) is 4. The van der Waals surface area contributed by atoms with E-state index in [2.05, 4.69) is 70.4 Å². The van der Waals surface area contributed by atoms with E-state index in [1.807, 2.05) is 6.07 Å². The van der Waals surface area contributed by atoms with E-state index in [0.717, 1.165) is 11.4 Å². The van der Waals surface area contributed by atoms with Gasteiger partial charge in [-0.05, 0) is 24.3 Å². The Labute approximate surface area is 112 Å². The Balaban J connectivity index is 1.75. The summed E-state index contributed by atoms with van der Waals surface area (Å²) in [7, 11) is 2.12. The van der Waals surface area contributed by atoms with Gasteiger partial charge in [-0.2, -0.15) is 0 Å². The van der Waals surface area contributed by atoms with Crippen LogP contribution in [0.1, 0.15) is 0 Å². The second-order valence-corrected chi connectivity index (χ2v) is 5.03. The van der Waals surface area contributed by atoms with Crippen LogP contribution in [0, 0.1) is 0 Å². The Morgan fingerprint density at radius 3 is 2.16 bits per heavy atom. The third-order valence-corrected chi connectivity index (χ3v) is 3.87. The summed E-state index contributed by atoms with van der Waals surface area (Å²) in [6, 6.07) is 16.7. The van der Waals surface area contributed by atoms with E-state index < -0.39 is 0 Å². The van der Waals surface area contributed by atoms with Gasteiger partial charge >= 0.3 is 0 Å². The number of nitrogens with zero attached hydrogens (tertiary/aromatic N) is 1. The molecule has 0 spiro atoms. The molecule has 0 bridgehead atoms. The molecule has 0 unspecified atom stereocenters. The number of likely N-dealkylation sites (N-methyl/N-ethyl adjacent to an activating group) is 1. The second kappa shape index (κ2) is 3.82. The van der Waals surface area contributed by atoms with Crippen LogP contribution in [-0.4, -0.2) is 19.4 Å². The zero-order chi connectivity index (χ0) is 12.8. The zero-order valence-electron chi connectivity index (χ0n) is 10.7. The maximum atomic E-state index is 3.59. The Hall–Kier alpha value is -2.36. The smallest absolute Gasteiger partial charge is 0.139 e. The van der Waals surface area contributed by atoms with Crippen molar-refractivity contribution in [1.29, 1.82) is 0 Å². The summed E-state index contributed by atoms with van der Waals surface area (Å²) >= 11 is 0. The standard InChI is InChI=1S/C15H16N4/c1-19-13-9-5-4-8-12(13)17-14-15(19)18-11-7-3-2-6-10(11)16-14/h2-9,14-18H,1H3/t14-,15+/m0/s1. The summed E-state index contributed by atoms with van der Waals surface area (Å²) in [5.41, 5.74) is 4.68. The summed E-state index contributed by atoms with van der Waals surface area (Å²) in [6.45, 7) is 0. The number of nitrogens with one attached hydrogen (secondary N) is 3. The summed E-state index contributed by atoms with van der Waals surface area (Å²) in [4.78, 5) is 2.28. The molecule has 2 heterocycles. The van der Waals surface area contributed by atoms with Gasteiger partial charge in [0.15, 0.2) is 0 Å². The van der Waals surface area contributed by atoms with Gasteiger partial charge in [-0.1, -0.05) is 24.3 Å². The average molecular weight is 252 g/mol. The van der Waals surface area contributed by atoms with E-state index >= 15 is 0 Å². The third kappa shape index (κ3) is 1.53. The summed E-state index contributed by atoms with van der Waals surface area (Å²) < 4.78 is 0. The number of benzene rings is 2. The van der Waals surface area contributed by atoms with E-state index in [0.29, 0.717) is 0 Å². The fourth-order valence-electron chi connectivity index (χ4n) is 2.88. The molecule has 2 atom stereocenters. The van der Waals surface area contributed by atoms with Crippen molar-refractivity contribution in [3.8, 4) is 0 Å². The Morgan fingerprint density at radius 2 is 1.37 bits per heavy atom. The van der Waals surface area contributed by atoms with Crippen molar-refractivity contribution in [3.63, 3.8) is 0 Å². The van der Waals surface area contributed by atoms with Gasteiger partial charge in [-0.15, -0.1) is 0 Å². The maximum absolute atomic E-state index is 3.59. The molecule has 0 radical (unpaired) electrons. The lowest BCUT2D eigenvalue weighted by atomic mass is 10.1. The van der Waals surface area contributed by atoms with Crippen molar-refractivity contribution in [3.05, 3.63) is 48.5 Å². The summed E-state index contributed by atoms with van der Waals surface area (Å²) in [6.07, 6.45) is 0.361. The van der Waals surface area contributed by atoms with Crippen molar-refractivity contribution in [1.82, 2.24) is 0 Å². The molecule has 0 amide bonds. The van der Waals surface area contributed by atoms with Crippen molar-refractivity contribution < 1.29 is 0 Å². The molecular formula is C15H16N4. The maximum Gasteiger partial charge on any atom is 0.139 e. The number of para-hydroxylation sites is 4. The third-order valence-electron chi connectivity index (χ3n) is 3.87. The number of fused-ring (bicyclic) bond motifs is 3. The molecule has 0 fully saturated rings. The molecule has 96 valence electrons.